The molecule has 1 aliphatic carbocycles. The number of carbonyl (C=O) groups excluding carboxylic acids is 1. The van der Waals surface area contributed by atoms with Crippen molar-refractivity contribution in [2.75, 3.05) is 0 Å². The third kappa shape index (κ3) is 2.31. The van der Waals surface area contributed by atoms with Gasteiger partial charge >= 0.3 is 5.97 Å². The maximum Gasteiger partial charge on any atom is 0.354 e. The second kappa shape index (κ2) is 3.68. The van der Waals surface area contributed by atoms with E-state index in [4.69, 9.17) is 5.11 Å². The minimum Gasteiger partial charge on any atom is -0.477 e. The van der Waals surface area contributed by atoms with Crippen molar-refractivity contribution in [2.45, 2.75) is 18.9 Å². The number of aromatic nitrogens is 1. The number of amides is 1. The first kappa shape index (κ1) is 9.64. The lowest BCUT2D eigenvalue weighted by Crippen LogP contribution is -2.25. The van der Waals surface area contributed by atoms with Gasteiger partial charge in [0.1, 0.15) is 5.69 Å². The van der Waals surface area contributed by atoms with Gasteiger partial charge in [0.15, 0.2) is 0 Å². The summed E-state index contributed by atoms with van der Waals surface area (Å²) in [7, 11) is 0. The largest absolute Gasteiger partial charge is 0.477 e. The van der Waals surface area contributed by atoms with Crippen LogP contribution in [0.2, 0.25) is 0 Å². The van der Waals surface area contributed by atoms with Gasteiger partial charge in [-0.15, -0.1) is 0 Å². The van der Waals surface area contributed by atoms with Crippen LogP contribution in [-0.2, 0) is 0 Å². The lowest BCUT2D eigenvalue weighted by Gasteiger charge is -2.03. The Labute approximate surface area is 86.1 Å². The van der Waals surface area contributed by atoms with Crippen LogP contribution < -0.4 is 5.32 Å². The van der Waals surface area contributed by atoms with Crippen LogP contribution in [0.5, 0.6) is 0 Å². The monoisotopic (exact) mass is 206 g/mol. The van der Waals surface area contributed by atoms with E-state index < -0.39 is 5.97 Å². The van der Waals surface area contributed by atoms with E-state index in [1.807, 2.05) is 0 Å². The van der Waals surface area contributed by atoms with Crippen LogP contribution >= 0.6 is 0 Å². The Bertz CT molecular complexity index is 413. The van der Waals surface area contributed by atoms with Gasteiger partial charge in [0.25, 0.3) is 5.91 Å². The third-order valence-electron chi connectivity index (χ3n) is 2.15. The fourth-order valence-corrected chi connectivity index (χ4v) is 1.19. The molecule has 78 valence electrons. The summed E-state index contributed by atoms with van der Waals surface area (Å²) in [5, 5.41) is 11.5. The molecule has 0 unspecified atom stereocenters. The minimum atomic E-state index is -1.13. The van der Waals surface area contributed by atoms with Gasteiger partial charge in [-0.25, -0.2) is 9.78 Å². The number of carboxylic acid groups (broad SMARTS) is 1. The molecule has 1 saturated carbocycles. The molecule has 0 radical (unpaired) electrons. The zero-order valence-corrected chi connectivity index (χ0v) is 7.93. The summed E-state index contributed by atoms with van der Waals surface area (Å²) < 4.78 is 0. The standard InChI is InChI=1S/C10H10N2O3/c13-9(12-7-1-2-7)6-3-4-11-8(5-6)10(14)15/h3-5,7H,1-2H2,(H,12,13)(H,14,15). The number of nitrogens with zero attached hydrogens (tertiary/aromatic N) is 1. The van der Waals surface area contributed by atoms with Crippen molar-refractivity contribution in [2.24, 2.45) is 0 Å². The molecule has 0 aliphatic heterocycles. The average Bonchev–Trinajstić information content (AvgIpc) is 3.02. The molecule has 1 fully saturated rings. The second-order valence-electron chi connectivity index (χ2n) is 3.48. The highest BCUT2D eigenvalue weighted by atomic mass is 16.4. The summed E-state index contributed by atoms with van der Waals surface area (Å²) in [6.07, 6.45) is 3.33. The molecule has 1 aromatic heterocycles. The zero-order chi connectivity index (χ0) is 10.8. The normalized spacial score (nSPS) is 14.7. The third-order valence-corrected chi connectivity index (χ3v) is 2.15. The van der Waals surface area contributed by atoms with Crippen molar-refractivity contribution in [1.29, 1.82) is 0 Å². The van der Waals surface area contributed by atoms with Crippen LogP contribution in [-0.4, -0.2) is 28.0 Å². The molecule has 0 saturated heterocycles. The van der Waals surface area contributed by atoms with Gasteiger partial charge in [0.2, 0.25) is 0 Å². The Balaban J connectivity index is 2.15. The highest BCUT2D eigenvalue weighted by molar-refractivity contribution is 5.96. The topological polar surface area (TPSA) is 79.3 Å². The Hall–Kier alpha value is -1.91. The van der Waals surface area contributed by atoms with E-state index in [-0.39, 0.29) is 17.6 Å². The molecule has 2 N–H and O–H groups in total. The molecular formula is C10H10N2O3. The van der Waals surface area contributed by atoms with Crippen molar-refractivity contribution >= 4 is 11.9 Å². The fourth-order valence-electron chi connectivity index (χ4n) is 1.19. The quantitative estimate of drug-likeness (QED) is 0.761. The van der Waals surface area contributed by atoms with Crippen LogP contribution in [0, 0.1) is 0 Å². The molecule has 0 bridgehead atoms. The van der Waals surface area contributed by atoms with Gasteiger partial charge in [0.05, 0.1) is 0 Å². The Morgan fingerprint density at radius 2 is 2.20 bits per heavy atom. The molecule has 5 heteroatoms. The lowest BCUT2D eigenvalue weighted by atomic mass is 10.2. The smallest absolute Gasteiger partial charge is 0.354 e. The number of carboxylic acids is 1. The van der Waals surface area contributed by atoms with Gasteiger partial charge in [-0.05, 0) is 25.0 Å². The van der Waals surface area contributed by atoms with E-state index in [0.717, 1.165) is 12.8 Å². The van der Waals surface area contributed by atoms with Crippen LogP contribution in [0.15, 0.2) is 18.3 Å². The molecule has 0 atom stereocenters. The lowest BCUT2D eigenvalue weighted by molar-refractivity contribution is 0.0690. The summed E-state index contributed by atoms with van der Waals surface area (Å²) in [4.78, 5) is 25.8. The van der Waals surface area contributed by atoms with E-state index in [1.54, 1.807) is 0 Å². The molecule has 1 aromatic rings. The van der Waals surface area contributed by atoms with E-state index in [2.05, 4.69) is 10.3 Å². The van der Waals surface area contributed by atoms with E-state index in [9.17, 15) is 9.59 Å². The SMILES string of the molecule is O=C(NC1CC1)c1ccnc(C(=O)O)c1. The second-order valence-corrected chi connectivity index (χ2v) is 3.48. The predicted octanol–water partition coefficient (Wildman–Crippen LogP) is 0.672. The first-order valence-electron chi connectivity index (χ1n) is 4.67. The number of carbonyl (C=O) groups is 2. The number of hydrogen-bond donors (Lipinski definition) is 2. The Kier molecular flexibility index (Phi) is 2.37. The molecule has 0 aromatic carbocycles. The van der Waals surface area contributed by atoms with Crippen LogP contribution in [0.25, 0.3) is 0 Å². The first-order chi connectivity index (χ1) is 7.16. The van der Waals surface area contributed by atoms with Crippen molar-refractivity contribution in [3.8, 4) is 0 Å². The van der Waals surface area contributed by atoms with E-state index in [0.29, 0.717) is 5.56 Å². The van der Waals surface area contributed by atoms with Crippen LogP contribution in [0.3, 0.4) is 0 Å². The maximum absolute atomic E-state index is 11.5. The van der Waals surface area contributed by atoms with Crippen molar-refractivity contribution in [1.82, 2.24) is 10.3 Å². The van der Waals surface area contributed by atoms with E-state index >= 15 is 0 Å². The average molecular weight is 206 g/mol. The van der Waals surface area contributed by atoms with Crippen molar-refractivity contribution < 1.29 is 14.7 Å². The molecule has 2 rings (SSSR count). The number of hydrogen-bond acceptors (Lipinski definition) is 3. The van der Waals surface area contributed by atoms with Crippen molar-refractivity contribution in [3.63, 3.8) is 0 Å². The highest BCUT2D eigenvalue weighted by Crippen LogP contribution is 2.19. The maximum atomic E-state index is 11.5. The Morgan fingerprint density at radius 3 is 2.80 bits per heavy atom. The van der Waals surface area contributed by atoms with Gasteiger partial charge in [-0.2, -0.15) is 0 Å². The summed E-state index contributed by atoms with van der Waals surface area (Å²) in [6.45, 7) is 0. The van der Waals surface area contributed by atoms with E-state index in [1.165, 1.54) is 18.3 Å². The highest BCUT2D eigenvalue weighted by Gasteiger charge is 2.24. The number of aromatic carboxylic acids is 1. The summed E-state index contributed by atoms with van der Waals surface area (Å²) >= 11 is 0. The molecule has 1 aliphatic rings. The molecule has 5 nitrogen and oxygen atoms in total. The Morgan fingerprint density at radius 1 is 1.47 bits per heavy atom. The predicted molar refractivity (Wildman–Crippen MR) is 51.7 cm³/mol. The number of nitrogens with one attached hydrogen (secondary N) is 1. The van der Waals surface area contributed by atoms with Gasteiger partial charge in [-0.1, -0.05) is 0 Å². The van der Waals surface area contributed by atoms with Gasteiger partial charge in [-0.3, -0.25) is 4.79 Å². The summed E-state index contributed by atoms with van der Waals surface area (Å²) in [5.41, 5.74) is 0.229. The first-order valence-corrected chi connectivity index (χ1v) is 4.67. The molecule has 0 spiro atoms. The zero-order valence-electron chi connectivity index (χ0n) is 7.93. The van der Waals surface area contributed by atoms with Crippen LogP contribution in [0.4, 0.5) is 0 Å². The fraction of sp³-hybridized carbons (Fsp3) is 0.300. The van der Waals surface area contributed by atoms with Crippen molar-refractivity contribution in [3.05, 3.63) is 29.6 Å². The summed E-state index contributed by atoms with van der Waals surface area (Å²) in [5.74, 6) is -1.36. The molecule has 1 amide bonds. The van der Waals surface area contributed by atoms with Gasteiger partial charge < -0.3 is 10.4 Å². The number of rotatable bonds is 3. The van der Waals surface area contributed by atoms with Crippen LogP contribution in [0.1, 0.15) is 33.7 Å². The molecular weight excluding hydrogens is 196 g/mol. The molecule has 15 heavy (non-hydrogen) atoms. The summed E-state index contributed by atoms with van der Waals surface area (Å²) in [6, 6.07) is 3.04. The minimum absolute atomic E-state index is 0.113. The van der Waals surface area contributed by atoms with Gasteiger partial charge in [0, 0.05) is 17.8 Å². The molecule has 1 heterocycles. The number of pyridine rings is 1.